The number of nitro groups is 1. The van der Waals surface area contributed by atoms with Crippen LogP contribution < -0.4 is 15.5 Å². The van der Waals surface area contributed by atoms with Gasteiger partial charge in [0.15, 0.2) is 0 Å². The number of fused-ring (bicyclic) bond motifs is 1. The van der Waals surface area contributed by atoms with E-state index >= 15 is 0 Å². The summed E-state index contributed by atoms with van der Waals surface area (Å²) < 4.78 is 5.28. The number of anilines is 2. The maximum atomic E-state index is 12.2. The highest BCUT2D eigenvalue weighted by molar-refractivity contribution is 5.67. The number of nitrogens with one attached hydrogen (secondary N) is 2. The topological polar surface area (TPSA) is 123 Å². The highest BCUT2D eigenvalue weighted by atomic mass is 16.6. The van der Waals surface area contributed by atoms with Crippen molar-refractivity contribution in [2.45, 2.75) is 70.1 Å². The SMILES string of the molecule is CN(C)c1nc(NC2CCC(NC(=O)OCc3ccc([N+](=O)[O-])cc3)CC2)nc2c1CCCC2. The second-order valence-electron chi connectivity index (χ2n) is 9.23. The van der Waals surface area contributed by atoms with Gasteiger partial charge in [-0.05, 0) is 69.1 Å². The Morgan fingerprint density at radius 3 is 2.44 bits per heavy atom. The summed E-state index contributed by atoms with van der Waals surface area (Å²) in [6, 6.07) is 6.31. The zero-order valence-corrected chi connectivity index (χ0v) is 19.7. The van der Waals surface area contributed by atoms with E-state index in [4.69, 9.17) is 14.7 Å². The molecule has 1 fully saturated rings. The Labute approximate surface area is 199 Å². The highest BCUT2D eigenvalue weighted by Crippen LogP contribution is 2.29. The van der Waals surface area contributed by atoms with E-state index in [9.17, 15) is 14.9 Å². The number of hydrogen-bond acceptors (Lipinski definition) is 8. The van der Waals surface area contributed by atoms with Crippen LogP contribution in [0, 0.1) is 10.1 Å². The second kappa shape index (κ2) is 10.7. The number of alkyl carbamates (subject to hydrolysis) is 1. The maximum Gasteiger partial charge on any atom is 0.407 e. The number of nitro benzene ring substituents is 1. The van der Waals surface area contributed by atoms with Gasteiger partial charge in [0.2, 0.25) is 5.95 Å². The van der Waals surface area contributed by atoms with E-state index in [1.165, 1.54) is 36.2 Å². The Kier molecular flexibility index (Phi) is 7.44. The molecule has 1 amide bonds. The molecule has 1 aromatic carbocycles. The maximum absolute atomic E-state index is 12.2. The molecule has 0 spiro atoms. The van der Waals surface area contributed by atoms with Crippen molar-refractivity contribution in [2.75, 3.05) is 24.3 Å². The minimum Gasteiger partial charge on any atom is -0.445 e. The number of benzene rings is 1. The lowest BCUT2D eigenvalue weighted by atomic mass is 9.91. The van der Waals surface area contributed by atoms with Crippen molar-refractivity contribution in [1.82, 2.24) is 15.3 Å². The molecule has 2 aliphatic carbocycles. The zero-order valence-electron chi connectivity index (χ0n) is 19.7. The second-order valence-corrected chi connectivity index (χ2v) is 9.23. The lowest BCUT2D eigenvalue weighted by Gasteiger charge is -2.30. The molecule has 0 bridgehead atoms. The predicted molar refractivity (Wildman–Crippen MR) is 129 cm³/mol. The summed E-state index contributed by atoms with van der Waals surface area (Å²) in [7, 11) is 4.05. The Morgan fingerprint density at radius 1 is 1.09 bits per heavy atom. The van der Waals surface area contributed by atoms with Crippen molar-refractivity contribution in [3.63, 3.8) is 0 Å². The summed E-state index contributed by atoms with van der Waals surface area (Å²) in [6.07, 6.45) is 7.45. The number of aromatic nitrogens is 2. The summed E-state index contributed by atoms with van der Waals surface area (Å²) in [6.45, 7) is 0.0740. The van der Waals surface area contributed by atoms with E-state index in [0.717, 1.165) is 44.3 Å². The third kappa shape index (κ3) is 5.92. The van der Waals surface area contributed by atoms with Crippen molar-refractivity contribution in [1.29, 1.82) is 0 Å². The molecule has 10 heteroatoms. The number of rotatable bonds is 7. The van der Waals surface area contributed by atoms with Gasteiger partial charge in [0.05, 0.1) is 10.6 Å². The molecule has 34 heavy (non-hydrogen) atoms. The summed E-state index contributed by atoms with van der Waals surface area (Å²) in [5.41, 5.74) is 3.16. The van der Waals surface area contributed by atoms with E-state index in [1.807, 2.05) is 14.1 Å². The largest absolute Gasteiger partial charge is 0.445 e. The van der Waals surface area contributed by atoms with Gasteiger partial charge < -0.3 is 20.3 Å². The number of carbonyl (C=O) groups is 1. The molecular formula is C24H32N6O4. The van der Waals surface area contributed by atoms with Gasteiger partial charge in [-0.3, -0.25) is 10.1 Å². The van der Waals surface area contributed by atoms with Gasteiger partial charge in [-0.25, -0.2) is 9.78 Å². The van der Waals surface area contributed by atoms with Gasteiger partial charge in [-0.2, -0.15) is 4.98 Å². The number of nitrogens with zero attached hydrogens (tertiary/aromatic N) is 4. The summed E-state index contributed by atoms with van der Waals surface area (Å²) in [4.78, 5) is 34.1. The smallest absolute Gasteiger partial charge is 0.407 e. The van der Waals surface area contributed by atoms with Crippen molar-refractivity contribution < 1.29 is 14.5 Å². The van der Waals surface area contributed by atoms with Crippen LogP contribution in [0.15, 0.2) is 24.3 Å². The van der Waals surface area contributed by atoms with Gasteiger partial charge in [0.1, 0.15) is 12.4 Å². The van der Waals surface area contributed by atoms with E-state index in [2.05, 4.69) is 15.5 Å². The van der Waals surface area contributed by atoms with Gasteiger partial charge in [-0.15, -0.1) is 0 Å². The van der Waals surface area contributed by atoms with Crippen LogP contribution in [-0.2, 0) is 24.2 Å². The zero-order chi connectivity index (χ0) is 24.1. The first-order chi connectivity index (χ1) is 16.4. The van der Waals surface area contributed by atoms with E-state index in [0.29, 0.717) is 11.5 Å². The molecule has 0 aliphatic heterocycles. The number of amides is 1. The molecular weight excluding hydrogens is 436 g/mol. The van der Waals surface area contributed by atoms with Crippen molar-refractivity contribution in [3.8, 4) is 0 Å². The Hall–Kier alpha value is -3.43. The summed E-state index contributed by atoms with van der Waals surface area (Å²) >= 11 is 0. The number of aryl methyl sites for hydroxylation is 1. The van der Waals surface area contributed by atoms with Crippen LogP contribution >= 0.6 is 0 Å². The number of hydrogen-bond donors (Lipinski definition) is 2. The van der Waals surface area contributed by atoms with Gasteiger partial charge in [0, 0.05) is 43.9 Å². The Morgan fingerprint density at radius 2 is 1.76 bits per heavy atom. The van der Waals surface area contributed by atoms with Crippen LogP contribution in [0.2, 0.25) is 0 Å². The third-order valence-electron chi connectivity index (χ3n) is 6.48. The van der Waals surface area contributed by atoms with E-state index in [1.54, 1.807) is 12.1 Å². The van der Waals surface area contributed by atoms with Crippen LogP contribution in [0.5, 0.6) is 0 Å². The molecule has 0 atom stereocenters. The fourth-order valence-corrected chi connectivity index (χ4v) is 4.64. The third-order valence-corrected chi connectivity index (χ3v) is 6.48. The normalized spacial score (nSPS) is 19.6. The number of non-ortho nitro benzene ring substituents is 1. The van der Waals surface area contributed by atoms with Crippen LogP contribution in [0.1, 0.15) is 55.3 Å². The standard InChI is InChI=1S/C24H32N6O4/c1-29(2)22-20-5-3-4-6-21(20)27-23(28-22)25-17-9-11-18(12-10-17)26-24(31)34-15-16-7-13-19(14-8-16)30(32)33/h7-8,13-14,17-18H,3-6,9-12,15H2,1-2H3,(H,26,31)(H,25,27,28). The first kappa shape index (κ1) is 23.7. The number of carbonyl (C=O) groups excluding carboxylic acids is 1. The molecule has 1 heterocycles. The van der Waals surface area contributed by atoms with Gasteiger partial charge in [-0.1, -0.05) is 0 Å². The average Bonchev–Trinajstić information content (AvgIpc) is 2.83. The Bertz CT molecular complexity index is 1020. The highest BCUT2D eigenvalue weighted by Gasteiger charge is 2.25. The molecule has 1 aromatic heterocycles. The van der Waals surface area contributed by atoms with Crippen molar-refractivity contribution in [2.24, 2.45) is 0 Å². The van der Waals surface area contributed by atoms with Crippen molar-refractivity contribution >= 4 is 23.5 Å². The minimum absolute atomic E-state index is 0.0114. The van der Waals surface area contributed by atoms with Crippen LogP contribution in [0.25, 0.3) is 0 Å². The molecule has 0 radical (unpaired) electrons. The van der Waals surface area contributed by atoms with E-state index in [-0.39, 0.29) is 24.4 Å². The molecule has 10 nitrogen and oxygen atoms in total. The molecule has 182 valence electrons. The first-order valence-electron chi connectivity index (χ1n) is 11.9. The molecule has 4 rings (SSSR count). The fourth-order valence-electron chi connectivity index (χ4n) is 4.64. The van der Waals surface area contributed by atoms with Crippen LogP contribution in [0.3, 0.4) is 0 Å². The molecule has 2 N–H and O–H groups in total. The lowest BCUT2D eigenvalue weighted by molar-refractivity contribution is -0.384. The lowest BCUT2D eigenvalue weighted by Crippen LogP contribution is -2.40. The fraction of sp³-hybridized carbons (Fsp3) is 0.542. The Balaban J connectivity index is 1.24. The first-order valence-corrected chi connectivity index (χ1v) is 11.9. The quantitative estimate of drug-likeness (QED) is 0.462. The predicted octanol–water partition coefficient (Wildman–Crippen LogP) is 3.98. The molecule has 0 saturated heterocycles. The minimum atomic E-state index is -0.469. The summed E-state index contributed by atoms with van der Waals surface area (Å²) in [5.74, 6) is 1.71. The van der Waals surface area contributed by atoms with Crippen LogP contribution in [0.4, 0.5) is 22.2 Å². The van der Waals surface area contributed by atoms with Gasteiger partial charge in [0.25, 0.3) is 5.69 Å². The monoisotopic (exact) mass is 468 g/mol. The summed E-state index contributed by atoms with van der Waals surface area (Å²) in [5, 5.41) is 17.2. The molecule has 1 saturated carbocycles. The van der Waals surface area contributed by atoms with Crippen molar-refractivity contribution in [3.05, 3.63) is 51.2 Å². The number of ether oxygens (including phenoxy) is 1. The molecule has 0 unspecified atom stereocenters. The van der Waals surface area contributed by atoms with Gasteiger partial charge >= 0.3 is 6.09 Å². The van der Waals surface area contributed by atoms with E-state index < -0.39 is 11.0 Å². The molecule has 2 aromatic rings. The average molecular weight is 469 g/mol. The molecule has 2 aliphatic rings. The van der Waals surface area contributed by atoms with Crippen LogP contribution in [-0.4, -0.2) is 47.2 Å².